The zero-order chi connectivity index (χ0) is 15.1. The van der Waals surface area contributed by atoms with Crippen LogP contribution in [0.3, 0.4) is 0 Å². The van der Waals surface area contributed by atoms with E-state index in [0.29, 0.717) is 12.1 Å². The zero-order valence-electron chi connectivity index (χ0n) is 13.4. The molecule has 2 unspecified atom stereocenters. The molecule has 0 heterocycles. The van der Waals surface area contributed by atoms with Gasteiger partial charge in [0.25, 0.3) is 0 Å². The molecular weight excluding hydrogens is 276 g/mol. The SMILES string of the molecule is CN(C)CCC[Si](C)(O)O[Si](C)(O)CCCN(C)C. The third-order valence-electron chi connectivity index (χ3n) is 2.93. The predicted octanol–water partition coefficient (Wildman–Crippen LogP) is 1.03. The normalized spacial score (nSPS) is 18.6. The van der Waals surface area contributed by atoms with Gasteiger partial charge >= 0.3 is 17.1 Å². The highest BCUT2D eigenvalue weighted by Gasteiger charge is 2.37. The highest BCUT2D eigenvalue weighted by molar-refractivity contribution is 6.78. The summed E-state index contributed by atoms with van der Waals surface area (Å²) in [6.07, 6.45) is 1.82. The second kappa shape index (κ2) is 8.50. The van der Waals surface area contributed by atoms with E-state index in [4.69, 9.17) is 4.12 Å². The monoisotopic (exact) mass is 308 g/mol. The smallest absolute Gasteiger partial charge is 0.323 e. The first-order chi connectivity index (χ1) is 8.54. The summed E-state index contributed by atoms with van der Waals surface area (Å²) in [5, 5.41) is 0. The summed E-state index contributed by atoms with van der Waals surface area (Å²) in [7, 11) is 2.65. The first kappa shape index (κ1) is 19.2. The lowest BCUT2D eigenvalue weighted by atomic mass is 10.5. The van der Waals surface area contributed by atoms with Crippen LogP contribution in [0.25, 0.3) is 0 Å². The lowest BCUT2D eigenvalue weighted by Gasteiger charge is -2.30. The maximum absolute atomic E-state index is 10.3. The van der Waals surface area contributed by atoms with E-state index in [1.165, 1.54) is 0 Å². The molecule has 0 aliphatic heterocycles. The van der Waals surface area contributed by atoms with Crippen molar-refractivity contribution >= 4 is 17.1 Å². The molecule has 0 fully saturated rings. The molecule has 5 nitrogen and oxygen atoms in total. The Kier molecular flexibility index (Phi) is 8.61. The summed E-state index contributed by atoms with van der Waals surface area (Å²) in [6, 6.07) is 1.37. The van der Waals surface area contributed by atoms with E-state index in [1.54, 1.807) is 13.1 Å². The third-order valence-corrected chi connectivity index (χ3v) is 9.01. The lowest BCUT2D eigenvalue weighted by Crippen LogP contribution is -2.49. The number of hydrogen-bond donors (Lipinski definition) is 2. The van der Waals surface area contributed by atoms with Gasteiger partial charge in [-0.05, 0) is 79.3 Å². The van der Waals surface area contributed by atoms with E-state index in [1.807, 2.05) is 28.2 Å². The van der Waals surface area contributed by atoms with Crippen molar-refractivity contribution in [2.24, 2.45) is 0 Å². The molecule has 19 heavy (non-hydrogen) atoms. The predicted molar refractivity (Wildman–Crippen MR) is 84.7 cm³/mol. The van der Waals surface area contributed by atoms with E-state index in [2.05, 4.69) is 9.80 Å². The fourth-order valence-electron chi connectivity index (χ4n) is 2.02. The molecule has 0 aromatic heterocycles. The molecular formula is C12H32N2O3Si2. The summed E-state index contributed by atoms with van der Waals surface area (Å²) in [5.74, 6) is 0. The minimum Gasteiger partial charge on any atom is -0.415 e. The van der Waals surface area contributed by atoms with Gasteiger partial charge in [0.2, 0.25) is 0 Å². The second-order valence-electron chi connectivity index (χ2n) is 6.27. The van der Waals surface area contributed by atoms with Gasteiger partial charge in [-0.25, -0.2) is 0 Å². The topological polar surface area (TPSA) is 56.2 Å². The van der Waals surface area contributed by atoms with Crippen LogP contribution in [-0.4, -0.2) is 77.8 Å². The van der Waals surface area contributed by atoms with Gasteiger partial charge < -0.3 is 23.5 Å². The van der Waals surface area contributed by atoms with Crippen LogP contribution in [0.15, 0.2) is 0 Å². The summed E-state index contributed by atoms with van der Waals surface area (Å²) in [4.78, 5) is 24.9. The van der Waals surface area contributed by atoms with Gasteiger partial charge in [0.05, 0.1) is 0 Å². The van der Waals surface area contributed by atoms with Crippen molar-refractivity contribution in [3.63, 3.8) is 0 Å². The molecule has 0 aliphatic rings. The van der Waals surface area contributed by atoms with Crippen molar-refractivity contribution in [1.29, 1.82) is 0 Å². The molecule has 0 aromatic rings. The van der Waals surface area contributed by atoms with E-state index < -0.39 is 17.1 Å². The Hall–Kier alpha value is 0.234. The molecule has 7 heteroatoms. The zero-order valence-corrected chi connectivity index (χ0v) is 15.4. The maximum atomic E-state index is 10.3. The number of rotatable bonds is 10. The summed E-state index contributed by atoms with van der Waals surface area (Å²) < 4.78 is 5.74. The molecule has 116 valence electrons. The average Bonchev–Trinajstić information content (AvgIpc) is 2.12. The van der Waals surface area contributed by atoms with E-state index in [-0.39, 0.29) is 0 Å². The first-order valence-electron chi connectivity index (χ1n) is 6.98. The molecule has 0 saturated carbocycles. The number of nitrogens with zero attached hydrogens (tertiary/aromatic N) is 2. The largest absolute Gasteiger partial charge is 0.415 e. The Balaban J connectivity index is 4.06. The minimum atomic E-state index is -2.71. The van der Waals surface area contributed by atoms with Crippen LogP contribution in [-0.2, 0) is 4.12 Å². The highest BCUT2D eigenvalue weighted by Crippen LogP contribution is 2.20. The average molecular weight is 309 g/mol. The number of hydrogen-bond acceptors (Lipinski definition) is 5. The molecule has 2 atom stereocenters. The first-order valence-corrected chi connectivity index (χ1v) is 12.1. The molecule has 0 radical (unpaired) electrons. The summed E-state index contributed by atoms with van der Waals surface area (Å²) >= 11 is 0. The molecule has 0 saturated heterocycles. The molecule has 0 aliphatic carbocycles. The Labute approximate surface area is 120 Å². The molecule has 0 spiro atoms. The molecule has 0 bridgehead atoms. The Bertz CT molecular complexity index is 225. The second-order valence-corrected chi connectivity index (χ2v) is 12.8. The van der Waals surface area contributed by atoms with Crippen LogP contribution in [0.4, 0.5) is 0 Å². The van der Waals surface area contributed by atoms with Gasteiger partial charge in [-0.15, -0.1) is 0 Å². The van der Waals surface area contributed by atoms with E-state index >= 15 is 0 Å². The highest BCUT2D eigenvalue weighted by atomic mass is 28.5. The standard InChI is InChI=1S/C12H32N2O3Si2/c1-13(2)9-7-11-18(5,15)17-19(6,16)12-8-10-14(3)4/h15-16H,7-12H2,1-6H3. The third kappa shape index (κ3) is 11.7. The molecule has 0 rings (SSSR count). The van der Waals surface area contributed by atoms with Crippen LogP contribution < -0.4 is 0 Å². The summed E-state index contributed by atoms with van der Waals surface area (Å²) in [5.41, 5.74) is 0. The van der Waals surface area contributed by atoms with Crippen LogP contribution in [0.5, 0.6) is 0 Å². The van der Waals surface area contributed by atoms with Crippen molar-refractivity contribution < 1.29 is 13.7 Å². The van der Waals surface area contributed by atoms with Gasteiger partial charge in [-0.2, -0.15) is 0 Å². The maximum Gasteiger partial charge on any atom is 0.323 e. The van der Waals surface area contributed by atoms with Crippen molar-refractivity contribution in [2.45, 2.75) is 38.0 Å². The van der Waals surface area contributed by atoms with Gasteiger partial charge in [0.15, 0.2) is 0 Å². The van der Waals surface area contributed by atoms with E-state index in [9.17, 15) is 9.59 Å². The van der Waals surface area contributed by atoms with Crippen molar-refractivity contribution in [1.82, 2.24) is 9.80 Å². The van der Waals surface area contributed by atoms with Crippen LogP contribution in [0, 0.1) is 0 Å². The fourth-order valence-corrected chi connectivity index (χ4v) is 8.26. The van der Waals surface area contributed by atoms with Gasteiger partial charge in [-0.3, -0.25) is 0 Å². The Morgan fingerprint density at radius 2 is 1.11 bits per heavy atom. The van der Waals surface area contributed by atoms with Crippen LogP contribution >= 0.6 is 0 Å². The molecule has 2 N–H and O–H groups in total. The van der Waals surface area contributed by atoms with Gasteiger partial charge in [-0.1, -0.05) is 0 Å². The van der Waals surface area contributed by atoms with E-state index in [0.717, 1.165) is 25.9 Å². The quantitative estimate of drug-likeness (QED) is 0.591. The summed E-state index contributed by atoms with van der Waals surface area (Å²) in [6.45, 7) is 5.46. The van der Waals surface area contributed by atoms with Crippen LogP contribution in [0.1, 0.15) is 12.8 Å². The van der Waals surface area contributed by atoms with Crippen LogP contribution in [0.2, 0.25) is 25.2 Å². The Morgan fingerprint density at radius 3 is 1.37 bits per heavy atom. The minimum absolute atomic E-state index is 0.683. The van der Waals surface area contributed by atoms with Crippen molar-refractivity contribution in [3.8, 4) is 0 Å². The molecule has 0 aromatic carbocycles. The van der Waals surface area contributed by atoms with Crippen molar-refractivity contribution in [2.75, 3.05) is 41.3 Å². The van der Waals surface area contributed by atoms with Gasteiger partial charge in [0, 0.05) is 0 Å². The van der Waals surface area contributed by atoms with Crippen molar-refractivity contribution in [3.05, 3.63) is 0 Å². The molecule has 0 amide bonds. The van der Waals surface area contributed by atoms with Gasteiger partial charge in [0.1, 0.15) is 0 Å². The lowest BCUT2D eigenvalue weighted by molar-refractivity contribution is 0.298. The fraction of sp³-hybridized carbons (Fsp3) is 1.00. The Morgan fingerprint density at radius 1 is 0.789 bits per heavy atom.